The van der Waals surface area contributed by atoms with Crippen molar-refractivity contribution in [1.82, 2.24) is 0 Å². The topological polar surface area (TPSA) is 43.4 Å². The zero-order valence-corrected chi connectivity index (χ0v) is 10.9. The normalized spacial score (nSPS) is 11.4. The molecule has 1 aromatic rings. The molecule has 0 unspecified atom stereocenters. The fourth-order valence-corrected chi connectivity index (χ4v) is 2.49. The fraction of sp³-hybridized carbons (Fsp3) is 0.385. The van der Waals surface area contributed by atoms with Gasteiger partial charge in [-0.1, -0.05) is 36.9 Å². The molecule has 3 nitrogen and oxygen atoms in total. The van der Waals surface area contributed by atoms with Crippen molar-refractivity contribution in [2.75, 3.05) is 12.4 Å². The largest absolute Gasteiger partial charge is 0.270 e. The van der Waals surface area contributed by atoms with Crippen LogP contribution in [0.5, 0.6) is 0 Å². The lowest BCUT2D eigenvalue weighted by molar-refractivity contribution is 0.337. The first-order chi connectivity index (χ1) is 8.05. The molecule has 1 rings (SSSR count). The molecule has 1 aromatic carbocycles. The maximum absolute atomic E-state index is 11.3. The monoisotopic (exact) mass is 254 g/mol. The SMILES string of the molecule is C=C(CCCS(=O)(=O)OCC)c1ccccc1. The molecule has 4 heteroatoms. The molecule has 0 radical (unpaired) electrons. The van der Waals surface area contributed by atoms with Crippen LogP contribution in [0.4, 0.5) is 0 Å². The summed E-state index contributed by atoms with van der Waals surface area (Å²) in [6, 6.07) is 9.77. The van der Waals surface area contributed by atoms with Gasteiger partial charge in [-0.3, -0.25) is 4.18 Å². The van der Waals surface area contributed by atoms with Crippen LogP contribution >= 0.6 is 0 Å². The minimum absolute atomic E-state index is 0.0483. The summed E-state index contributed by atoms with van der Waals surface area (Å²) in [4.78, 5) is 0. The first-order valence-corrected chi connectivity index (χ1v) is 7.23. The summed E-state index contributed by atoms with van der Waals surface area (Å²) in [6.45, 7) is 5.82. The first-order valence-electron chi connectivity index (χ1n) is 5.65. The Morgan fingerprint density at radius 2 is 1.94 bits per heavy atom. The molecule has 0 amide bonds. The van der Waals surface area contributed by atoms with Crippen LogP contribution in [-0.2, 0) is 14.3 Å². The molecule has 0 aromatic heterocycles. The standard InChI is InChI=1S/C13H18O3S/c1-3-16-17(14,15)11-7-8-12(2)13-9-5-4-6-10-13/h4-6,9-10H,2-3,7-8,11H2,1H3. The molecule has 17 heavy (non-hydrogen) atoms. The summed E-state index contributed by atoms with van der Waals surface area (Å²) in [7, 11) is -3.35. The quantitative estimate of drug-likeness (QED) is 0.703. The molecular formula is C13H18O3S. The molecule has 0 fully saturated rings. The highest BCUT2D eigenvalue weighted by Crippen LogP contribution is 2.17. The summed E-state index contributed by atoms with van der Waals surface area (Å²) >= 11 is 0. The van der Waals surface area contributed by atoms with Crippen molar-refractivity contribution in [1.29, 1.82) is 0 Å². The molecule has 0 heterocycles. The van der Waals surface area contributed by atoms with Gasteiger partial charge >= 0.3 is 0 Å². The van der Waals surface area contributed by atoms with E-state index in [1.54, 1.807) is 6.92 Å². The first kappa shape index (κ1) is 13.9. The van der Waals surface area contributed by atoms with Crippen molar-refractivity contribution in [2.24, 2.45) is 0 Å². The van der Waals surface area contributed by atoms with Crippen LogP contribution in [0.2, 0.25) is 0 Å². The van der Waals surface area contributed by atoms with Crippen molar-refractivity contribution >= 4 is 15.7 Å². The second-order valence-corrected chi connectivity index (χ2v) is 5.50. The Bertz CT molecular complexity index is 449. The molecule has 0 spiro atoms. The Balaban J connectivity index is 2.40. The number of hydrogen-bond donors (Lipinski definition) is 0. The highest BCUT2D eigenvalue weighted by atomic mass is 32.2. The van der Waals surface area contributed by atoms with Gasteiger partial charge in [0, 0.05) is 0 Å². The van der Waals surface area contributed by atoms with E-state index in [1.807, 2.05) is 30.3 Å². The highest BCUT2D eigenvalue weighted by molar-refractivity contribution is 7.86. The Morgan fingerprint density at radius 3 is 2.53 bits per heavy atom. The average Bonchev–Trinajstić information content (AvgIpc) is 2.29. The van der Waals surface area contributed by atoms with Gasteiger partial charge in [-0.05, 0) is 30.9 Å². The predicted octanol–water partition coefficient (Wildman–Crippen LogP) is 2.85. The minimum atomic E-state index is -3.35. The van der Waals surface area contributed by atoms with Gasteiger partial charge in [0.2, 0.25) is 0 Å². The summed E-state index contributed by atoms with van der Waals surface area (Å²) in [5.41, 5.74) is 2.01. The van der Waals surface area contributed by atoms with E-state index in [2.05, 4.69) is 10.8 Å². The third-order valence-corrected chi connectivity index (χ3v) is 3.74. The second kappa shape index (κ2) is 6.57. The average molecular weight is 254 g/mol. The van der Waals surface area contributed by atoms with Crippen molar-refractivity contribution in [3.63, 3.8) is 0 Å². The van der Waals surface area contributed by atoms with Crippen LogP contribution in [0.1, 0.15) is 25.3 Å². The Hall–Kier alpha value is -1.13. The van der Waals surface area contributed by atoms with Gasteiger partial charge in [0.15, 0.2) is 0 Å². The fourth-order valence-electron chi connectivity index (χ4n) is 1.52. The minimum Gasteiger partial charge on any atom is -0.270 e. The van der Waals surface area contributed by atoms with Crippen molar-refractivity contribution < 1.29 is 12.6 Å². The van der Waals surface area contributed by atoms with E-state index in [0.29, 0.717) is 12.8 Å². The molecule has 0 aliphatic carbocycles. The number of benzene rings is 1. The molecule has 94 valence electrons. The van der Waals surface area contributed by atoms with E-state index in [1.165, 1.54) is 0 Å². The van der Waals surface area contributed by atoms with Crippen LogP contribution in [0.25, 0.3) is 5.57 Å². The van der Waals surface area contributed by atoms with E-state index < -0.39 is 10.1 Å². The second-order valence-electron chi connectivity index (χ2n) is 3.74. The van der Waals surface area contributed by atoms with Gasteiger partial charge in [0.05, 0.1) is 12.4 Å². The molecule has 0 N–H and O–H groups in total. The summed E-state index contributed by atoms with van der Waals surface area (Å²) in [6.07, 6.45) is 1.20. The van der Waals surface area contributed by atoms with Gasteiger partial charge in [-0.25, -0.2) is 0 Å². The number of allylic oxidation sites excluding steroid dienone is 1. The van der Waals surface area contributed by atoms with Crippen LogP contribution in [0.3, 0.4) is 0 Å². The van der Waals surface area contributed by atoms with Crippen molar-refractivity contribution in [3.05, 3.63) is 42.5 Å². The Morgan fingerprint density at radius 1 is 1.29 bits per heavy atom. The van der Waals surface area contributed by atoms with Crippen LogP contribution in [0, 0.1) is 0 Å². The van der Waals surface area contributed by atoms with Gasteiger partial charge in [0.1, 0.15) is 0 Å². The third kappa shape index (κ3) is 5.15. The van der Waals surface area contributed by atoms with Gasteiger partial charge in [-0.2, -0.15) is 8.42 Å². The van der Waals surface area contributed by atoms with E-state index in [0.717, 1.165) is 11.1 Å². The maximum Gasteiger partial charge on any atom is 0.267 e. The van der Waals surface area contributed by atoms with Gasteiger partial charge in [0.25, 0.3) is 10.1 Å². The summed E-state index contributed by atoms with van der Waals surface area (Å²) in [5.74, 6) is 0.0483. The zero-order valence-electron chi connectivity index (χ0n) is 10.1. The van der Waals surface area contributed by atoms with Crippen molar-refractivity contribution in [3.8, 4) is 0 Å². The molecule has 0 saturated carbocycles. The lowest BCUT2D eigenvalue weighted by Crippen LogP contribution is -2.10. The lowest BCUT2D eigenvalue weighted by atomic mass is 10.0. The molecule has 0 aliphatic heterocycles. The number of hydrogen-bond acceptors (Lipinski definition) is 3. The molecular weight excluding hydrogens is 236 g/mol. The zero-order chi connectivity index (χ0) is 12.7. The summed E-state index contributed by atoms with van der Waals surface area (Å²) < 4.78 is 27.3. The van der Waals surface area contributed by atoms with E-state index in [9.17, 15) is 8.42 Å². The smallest absolute Gasteiger partial charge is 0.267 e. The van der Waals surface area contributed by atoms with Gasteiger partial charge in [-0.15, -0.1) is 0 Å². The predicted molar refractivity (Wildman–Crippen MR) is 70.1 cm³/mol. The van der Waals surface area contributed by atoms with E-state index >= 15 is 0 Å². The maximum atomic E-state index is 11.3. The van der Waals surface area contributed by atoms with Crippen LogP contribution < -0.4 is 0 Å². The summed E-state index contributed by atoms with van der Waals surface area (Å²) in [5, 5.41) is 0. The Kier molecular flexibility index (Phi) is 5.38. The molecule has 0 bridgehead atoms. The number of rotatable bonds is 7. The highest BCUT2D eigenvalue weighted by Gasteiger charge is 2.09. The molecule has 0 saturated heterocycles. The van der Waals surface area contributed by atoms with Gasteiger partial charge < -0.3 is 0 Å². The van der Waals surface area contributed by atoms with E-state index in [4.69, 9.17) is 0 Å². The lowest BCUT2D eigenvalue weighted by Gasteiger charge is -2.06. The molecule has 0 atom stereocenters. The Labute approximate surface area is 103 Å². The van der Waals surface area contributed by atoms with Crippen LogP contribution in [-0.4, -0.2) is 20.8 Å². The molecule has 0 aliphatic rings. The van der Waals surface area contributed by atoms with Crippen molar-refractivity contribution in [2.45, 2.75) is 19.8 Å². The van der Waals surface area contributed by atoms with Crippen LogP contribution in [0.15, 0.2) is 36.9 Å². The third-order valence-electron chi connectivity index (χ3n) is 2.35. The van der Waals surface area contributed by atoms with E-state index in [-0.39, 0.29) is 12.4 Å².